The van der Waals surface area contributed by atoms with Crippen LogP contribution in [-0.4, -0.2) is 24.8 Å². The number of nitrogens with two attached hydrogens (primary N) is 1. The summed E-state index contributed by atoms with van der Waals surface area (Å²) in [6.07, 6.45) is 0. The lowest BCUT2D eigenvalue weighted by atomic mass is 10.2. The Morgan fingerprint density at radius 3 is 2.53 bits per heavy atom. The summed E-state index contributed by atoms with van der Waals surface area (Å²) in [5.41, 5.74) is 8.86. The number of ether oxygens (including phenoxy) is 1. The smallest absolute Gasteiger partial charge is 0.327 e. The quantitative estimate of drug-likeness (QED) is 0.449. The van der Waals surface area contributed by atoms with E-state index < -0.39 is 17.7 Å². The van der Waals surface area contributed by atoms with E-state index in [2.05, 4.69) is 5.73 Å². The lowest BCUT2D eigenvalue weighted by molar-refractivity contribution is -0.137. The van der Waals surface area contributed by atoms with E-state index >= 15 is 0 Å². The summed E-state index contributed by atoms with van der Waals surface area (Å²) < 4.78 is 4.93. The van der Waals surface area contributed by atoms with Crippen molar-refractivity contribution in [3.8, 4) is 5.75 Å². The Morgan fingerprint density at radius 1 is 1.24 bits per heavy atom. The molecule has 7 heteroatoms. The highest BCUT2D eigenvalue weighted by Gasteiger charge is 2.11. The third-order valence-corrected chi connectivity index (χ3v) is 1.85. The molecule has 4 N–H and O–H groups in total. The van der Waals surface area contributed by atoms with Gasteiger partial charge in [-0.05, 0) is 18.2 Å². The van der Waals surface area contributed by atoms with Gasteiger partial charge in [0.05, 0.1) is 7.11 Å². The van der Waals surface area contributed by atoms with Gasteiger partial charge in [0.2, 0.25) is 0 Å². The molecule has 90 valence electrons. The second-order valence-corrected chi connectivity index (χ2v) is 3.00. The van der Waals surface area contributed by atoms with Crippen LogP contribution in [0.1, 0.15) is 10.4 Å². The molecule has 7 nitrogen and oxygen atoms in total. The zero-order valence-corrected chi connectivity index (χ0v) is 9.02. The zero-order valence-electron chi connectivity index (χ0n) is 9.02. The molecule has 0 aliphatic rings. The van der Waals surface area contributed by atoms with Gasteiger partial charge in [0.25, 0.3) is 5.91 Å². The molecule has 0 aliphatic carbocycles. The summed E-state index contributed by atoms with van der Waals surface area (Å²) in [5, 5.41) is 0. The van der Waals surface area contributed by atoms with E-state index in [-0.39, 0.29) is 5.56 Å². The van der Waals surface area contributed by atoms with Gasteiger partial charge in [0, 0.05) is 5.56 Å². The maximum atomic E-state index is 11.5. The average molecular weight is 237 g/mol. The van der Waals surface area contributed by atoms with Crippen molar-refractivity contribution in [2.24, 2.45) is 5.73 Å². The molecule has 0 saturated heterocycles. The van der Waals surface area contributed by atoms with Gasteiger partial charge in [0.1, 0.15) is 5.75 Å². The first-order valence-corrected chi connectivity index (χ1v) is 4.58. The fourth-order valence-electron chi connectivity index (χ4n) is 1.01. The molecule has 1 aromatic rings. The van der Waals surface area contributed by atoms with Crippen molar-refractivity contribution in [3.63, 3.8) is 0 Å². The molecule has 1 rings (SSSR count). The summed E-state index contributed by atoms with van der Waals surface area (Å²) in [7, 11) is 1.46. The van der Waals surface area contributed by atoms with Crippen LogP contribution < -0.4 is 21.3 Å². The fraction of sp³-hybridized carbons (Fsp3) is 0.100. The number of amides is 3. The fourth-order valence-corrected chi connectivity index (χ4v) is 1.01. The van der Waals surface area contributed by atoms with E-state index in [0.29, 0.717) is 5.75 Å². The molecular formula is C10H11N3O4. The van der Waals surface area contributed by atoms with Gasteiger partial charge in [0.15, 0.2) is 0 Å². The monoisotopic (exact) mass is 237 g/mol. The van der Waals surface area contributed by atoms with Crippen LogP contribution in [0.5, 0.6) is 5.75 Å². The lowest BCUT2D eigenvalue weighted by Crippen LogP contribution is -2.47. The third kappa shape index (κ3) is 3.49. The van der Waals surface area contributed by atoms with Crippen molar-refractivity contribution in [1.29, 1.82) is 0 Å². The second-order valence-electron chi connectivity index (χ2n) is 3.00. The highest BCUT2D eigenvalue weighted by atomic mass is 16.5. The number of nitrogens with one attached hydrogen (secondary N) is 2. The maximum Gasteiger partial charge on any atom is 0.327 e. The van der Waals surface area contributed by atoms with E-state index in [1.807, 2.05) is 10.9 Å². The van der Waals surface area contributed by atoms with Gasteiger partial charge in [-0.15, -0.1) is 0 Å². The summed E-state index contributed by atoms with van der Waals surface area (Å²) >= 11 is 0. The summed E-state index contributed by atoms with van der Waals surface area (Å²) in [6, 6.07) is 6.28. The van der Waals surface area contributed by atoms with E-state index in [4.69, 9.17) is 4.74 Å². The van der Waals surface area contributed by atoms with Gasteiger partial charge in [-0.3, -0.25) is 25.2 Å². The van der Waals surface area contributed by atoms with E-state index in [9.17, 15) is 14.4 Å². The van der Waals surface area contributed by atoms with Crippen LogP contribution in [0.3, 0.4) is 0 Å². The molecule has 0 radical (unpaired) electrons. The average Bonchev–Trinajstić information content (AvgIpc) is 2.35. The highest BCUT2D eigenvalue weighted by molar-refractivity contribution is 6.34. The number of methoxy groups -OCH3 is 1. The molecule has 0 unspecified atom stereocenters. The number of rotatable bonds is 2. The molecule has 0 fully saturated rings. The van der Waals surface area contributed by atoms with Crippen molar-refractivity contribution < 1.29 is 19.1 Å². The van der Waals surface area contributed by atoms with Gasteiger partial charge >= 0.3 is 11.8 Å². The van der Waals surface area contributed by atoms with Gasteiger partial charge in [-0.25, -0.2) is 0 Å². The third-order valence-electron chi connectivity index (χ3n) is 1.85. The van der Waals surface area contributed by atoms with Crippen molar-refractivity contribution >= 4 is 17.7 Å². The lowest BCUT2D eigenvalue weighted by Gasteiger charge is -2.06. The van der Waals surface area contributed by atoms with Crippen molar-refractivity contribution in [2.75, 3.05) is 7.11 Å². The Kier molecular flexibility index (Phi) is 4.04. The Morgan fingerprint density at radius 2 is 1.94 bits per heavy atom. The first-order chi connectivity index (χ1) is 8.04. The maximum absolute atomic E-state index is 11.5. The number of carbonyl (C=O) groups is 3. The topological polar surface area (TPSA) is 111 Å². The molecule has 0 atom stereocenters. The van der Waals surface area contributed by atoms with Crippen LogP contribution in [0.15, 0.2) is 24.3 Å². The molecule has 0 aromatic heterocycles. The molecule has 0 spiro atoms. The number of hydrazine groups is 1. The van der Waals surface area contributed by atoms with E-state index in [1.165, 1.54) is 19.2 Å². The Labute approximate surface area is 96.9 Å². The zero-order chi connectivity index (χ0) is 12.8. The van der Waals surface area contributed by atoms with E-state index in [0.717, 1.165) is 0 Å². The molecule has 3 amide bonds. The predicted octanol–water partition coefficient (Wildman–Crippen LogP) is -1.06. The summed E-state index contributed by atoms with van der Waals surface area (Å²) in [5.74, 6) is -2.37. The molecule has 0 aliphatic heterocycles. The largest absolute Gasteiger partial charge is 0.497 e. The Balaban J connectivity index is 2.64. The predicted molar refractivity (Wildman–Crippen MR) is 57.8 cm³/mol. The molecule has 17 heavy (non-hydrogen) atoms. The second kappa shape index (κ2) is 5.50. The minimum atomic E-state index is -1.18. The van der Waals surface area contributed by atoms with Gasteiger partial charge < -0.3 is 10.5 Å². The number of carbonyl (C=O) groups excluding carboxylic acids is 3. The van der Waals surface area contributed by atoms with Crippen molar-refractivity contribution in [3.05, 3.63) is 29.8 Å². The SMILES string of the molecule is COc1cccc(C(=O)NNC(=O)C(N)=O)c1. The van der Waals surface area contributed by atoms with E-state index in [1.54, 1.807) is 12.1 Å². The summed E-state index contributed by atoms with van der Waals surface area (Å²) in [4.78, 5) is 32.7. The highest BCUT2D eigenvalue weighted by Crippen LogP contribution is 2.11. The van der Waals surface area contributed by atoms with Crippen molar-refractivity contribution in [2.45, 2.75) is 0 Å². The molecule has 0 heterocycles. The standard InChI is InChI=1S/C10H11N3O4/c1-17-7-4-2-3-6(5-7)9(15)12-13-10(16)8(11)14/h2-5H,1H3,(H2,11,14)(H,12,15)(H,13,16). The molecule has 1 aromatic carbocycles. The minimum Gasteiger partial charge on any atom is -0.497 e. The van der Waals surface area contributed by atoms with Crippen molar-refractivity contribution in [1.82, 2.24) is 10.9 Å². The number of benzene rings is 1. The number of primary amides is 1. The van der Waals surface area contributed by atoms with Crippen LogP contribution in [0.25, 0.3) is 0 Å². The van der Waals surface area contributed by atoms with Crippen LogP contribution in [0.2, 0.25) is 0 Å². The normalized spacial score (nSPS) is 9.24. The Hall–Kier alpha value is -2.57. The number of hydrogen-bond donors (Lipinski definition) is 3. The summed E-state index contributed by atoms with van der Waals surface area (Å²) in [6.45, 7) is 0. The minimum absolute atomic E-state index is 0.272. The van der Waals surface area contributed by atoms with Gasteiger partial charge in [-0.1, -0.05) is 6.07 Å². The van der Waals surface area contributed by atoms with Crippen LogP contribution in [0, 0.1) is 0 Å². The first kappa shape index (κ1) is 12.5. The molecule has 0 bridgehead atoms. The molecule has 0 saturated carbocycles. The van der Waals surface area contributed by atoms with Gasteiger partial charge in [-0.2, -0.15) is 0 Å². The van der Waals surface area contributed by atoms with Crippen LogP contribution >= 0.6 is 0 Å². The van der Waals surface area contributed by atoms with Crippen LogP contribution in [-0.2, 0) is 9.59 Å². The number of hydrogen-bond acceptors (Lipinski definition) is 4. The molecular weight excluding hydrogens is 226 g/mol. The van der Waals surface area contributed by atoms with Crippen LogP contribution in [0.4, 0.5) is 0 Å². The first-order valence-electron chi connectivity index (χ1n) is 4.58. The Bertz CT molecular complexity index is 459.